The number of likely N-dealkylation sites (N-methyl/N-ethyl adjacent to an activating group) is 1. The van der Waals surface area contributed by atoms with Crippen LogP contribution in [0.15, 0.2) is 48.8 Å². The molecule has 1 atom stereocenters. The minimum Gasteiger partial charge on any atom is -0.387 e. The van der Waals surface area contributed by atoms with E-state index in [1.165, 1.54) is 4.31 Å². The largest absolute Gasteiger partial charge is 0.387 e. The summed E-state index contributed by atoms with van der Waals surface area (Å²) >= 11 is 0. The number of aromatic nitrogens is 1. The van der Waals surface area contributed by atoms with Crippen molar-refractivity contribution in [1.82, 2.24) is 19.5 Å². The van der Waals surface area contributed by atoms with E-state index < -0.39 is 16.3 Å². The van der Waals surface area contributed by atoms with E-state index in [1.54, 1.807) is 24.5 Å². The van der Waals surface area contributed by atoms with Crippen LogP contribution in [0.5, 0.6) is 0 Å². The number of aliphatic hydroxyl groups is 1. The van der Waals surface area contributed by atoms with Crippen molar-refractivity contribution < 1.29 is 13.5 Å². The average Bonchev–Trinajstić information content (AvgIpc) is 2.74. The molecular weight excluding hydrogens is 414 g/mol. The van der Waals surface area contributed by atoms with Crippen LogP contribution < -0.4 is 10.0 Å². The molecule has 9 heteroatoms. The first-order valence-corrected chi connectivity index (χ1v) is 12.0. The first kappa shape index (κ1) is 23.6. The minimum atomic E-state index is -3.54. The molecule has 8 nitrogen and oxygen atoms in total. The zero-order valence-electron chi connectivity index (χ0n) is 18.5. The van der Waals surface area contributed by atoms with Crippen LogP contribution in [0.1, 0.15) is 31.1 Å². The summed E-state index contributed by atoms with van der Waals surface area (Å²) in [6.07, 6.45) is 3.46. The Labute approximate surface area is 185 Å². The summed E-state index contributed by atoms with van der Waals surface area (Å²) in [7, 11) is -1.55. The number of nitrogens with zero attached hydrogens (tertiary/aromatic N) is 3. The Balaban J connectivity index is 1.53. The van der Waals surface area contributed by atoms with Gasteiger partial charge in [-0.1, -0.05) is 18.2 Å². The highest BCUT2D eigenvalue weighted by Crippen LogP contribution is 2.19. The summed E-state index contributed by atoms with van der Waals surface area (Å²) in [5, 5.41) is 13.7. The average molecular weight is 448 g/mol. The summed E-state index contributed by atoms with van der Waals surface area (Å²) in [5.41, 5.74) is 2.17. The molecule has 2 heterocycles. The molecular formula is C22H33N5O3S. The Kier molecular flexibility index (Phi) is 7.66. The maximum Gasteiger partial charge on any atom is 0.301 e. The monoisotopic (exact) mass is 447 g/mol. The van der Waals surface area contributed by atoms with Crippen molar-refractivity contribution in [2.45, 2.75) is 31.9 Å². The SMILES string of the molecule is CN1CCN(S(=O)(=O)Nc2ccc(CC(C)(C)NC[C@@H](O)c3cccnc3)cc2)CC1. The Bertz CT molecular complexity index is 927. The van der Waals surface area contributed by atoms with E-state index in [2.05, 4.69) is 33.8 Å². The third-order valence-corrected chi connectivity index (χ3v) is 7.03. The van der Waals surface area contributed by atoms with Gasteiger partial charge in [-0.25, -0.2) is 0 Å². The van der Waals surface area contributed by atoms with Gasteiger partial charge in [-0.3, -0.25) is 9.71 Å². The van der Waals surface area contributed by atoms with E-state index in [1.807, 2.05) is 31.3 Å². The smallest absolute Gasteiger partial charge is 0.301 e. The van der Waals surface area contributed by atoms with Crippen LogP contribution in [0.4, 0.5) is 5.69 Å². The Morgan fingerprint density at radius 3 is 2.42 bits per heavy atom. The molecule has 31 heavy (non-hydrogen) atoms. The van der Waals surface area contributed by atoms with Crippen molar-refractivity contribution in [2.24, 2.45) is 0 Å². The Hall–Kier alpha value is -2.04. The normalized spacial score (nSPS) is 17.4. The van der Waals surface area contributed by atoms with Crippen molar-refractivity contribution in [2.75, 3.05) is 44.5 Å². The van der Waals surface area contributed by atoms with Gasteiger partial charge < -0.3 is 15.3 Å². The summed E-state index contributed by atoms with van der Waals surface area (Å²) < 4.78 is 29.4. The predicted octanol–water partition coefficient (Wildman–Crippen LogP) is 1.63. The van der Waals surface area contributed by atoms with Gasteiger partial charge >= 0.3 is 10.2 Å². The fourth-order valence-electron chi connectivity index (χ4n) is 3.57. The van der Waals surface area contributed by atoms with Gasteiger partial charge in [0.05, 0.1) is 6.10 Å². The van der Waals surface area contributed by atoms with Crippen LogP contribution in [-0.4, -0.2) is 73.0 Å². The highest BCUT2D eigenvalue weighted by atomic mass is 32.2. The molecule has 2 aromatic rings. The molecule has 0 amide bonds. The second kappa shape index (κ2) is 10.1. The molecule has 1 aliphatic heterocycles. The van der Waals surface area contributed by atoms with Crippen LogP contribution in [0.2, 0.25) is 0 Å². The highest BCUT2D eigenvalue weighted by molar-refractivity contribution is 7.90. The van der Waals surface area contributed by atoms with Crippen LogP contribution in [0.3, 0.4) is 0 Å². The van der Waals surface area contributed by atoms with Crippen LogP contribution in [0.25, 0.3) is 0 Å². The molecule has 1 saturated heterocycles. The predicted molar refractivity (Wildman–Crippen MR) is 123 cm³/mol. The van der Waals surface area contributed by atoms with Gasteiger partial charge in [0, 0.05) is 61.9 Å². The van der Waals surface area contributed by atoms with Crippen LogP contribution >= 0.6 is 0 Å². The number of piperazine rings is 1. The number of hydrogen-bond donors (Lipinski definition) is 3. The zero-order chi connectivity index (χ0) is 22.5. The molecule has 170 valence electrons. The third-order valence-electron chi connectivity index (χ3n) is 5.49. The molecule has 0 radical (unpaired) electrons. The van der Waals surface area contributed by atoms with Crippen molar-refractivity contribution in [3.63, 3.8) is 0 Å². The van der Waals surface area contributed by atoms with Crippen molar-refractivity contribution in [3.05, 3.63) is 59.9 Å². The molecule has 0 saturated carbocycles. The lowest BCUT2D eigenvalue weighted by Crippen LogP contribution is -2.48. The fraction of sp³-hybridized carbons (Fsp3) is 0.500. The van der Waals surface area contributed by atoms with Crippen molar-refractivity contribution >= 4 is 15.9 Å². The van der Waals surface area contributed by atoms with E-state index in [9.17, 15) is 13.5 Å². The first-order valence-electron chi connectivity index (χ1n) is 10.5. The van der Waals surface area contributed by atoms with Gasteiger partial charge in [0.2, 0.25) is 0 Å². The number of pyridine rings is 1. The maximum atomic E-state index is 12.6. The lowest BCUT2D eigenvalue weighted by Gasteiger charge is -2.31. The first-order chi connectivity index (χ1) is 14.6. The second-order valence-electron chi connectivity index (χ2n) is 8.75. The zero-order valence-corrected chi connectivity index (χ0v) is 19.3. The quantitative estimate of drug-likeness (QED) is 0.541. The summed E-state index contributed by atoms with van der Waals surface area (Å²) in [4.78, 5) is 6.16. The highest BCUT2D eigenvalue weighted by Gasteiger charge is 2.25. The standard InChI is InChI=1S/C22H33N5O3S/c1-22(2,24-17-21(28)19-5-4-10-23-16-19)15-18-6-8-20(9-7-18)25-31(29,30)27-13-11-26(3)12-14-27/h4-10,16,21,24-25,28H,11-15,17H2,1-3H3/t21-/m1/s1. The van der Waals surface area contributed by atoms with E-state index >= 15 is 0 Å². The number of anilines is 1. The van der Waals surface area contributed by atoms with Crippen LogP contribution in [-0.2, 0) is 16.6 Å². The molecule has 0 aliphatic carbocycles. The number of hydrogen-bond acceptors (Lipinski definition) is 6. The van der Waals surface area contributed by atoms with Gasteiger partial charge in [-0.05, 0) is 51.1 Å². The fourth-order valence-corrected chi connectivity index (χ4v) is 4.78. The molecule has 0 spiro atoms. The summed E-state index contributed by atoms with van der Waals surface area (Å²) in [6.45, 7) is 7.03. The Morgan fingerprint density at radius 1 is 1.13 bits per heavy atom. The lowest BCUT2D eigenvalue weighted by molar-refractivity contribution is 0.160. The van der Waals surface area contributed by atoms with Crippen molar-refractivity contribution in [3.8, 4) is 0 Å². The van der Waals surface area contributed by atoms with E-state index in [0.717, 1.165) is 30.6 Å². The topological polar surface area (TPSA) is 97.8 Å². The van der Waals surface area contributed by atoms with Crippen LogP contribution in [0, 0.1) is 0 Å². The number of aliphatic hydroxyl groups excluding tert-OH is 1. The number of nitrogens with one attached hydrogen (secondary N) is 2. The van der Waals surface area contributed by atoms with Gasteiger partial charge in [-0.2, -0.15) is 12.7 Å². The van der Waals surface area contributed by atoms with Gasteiger partial charge in [0.25, 0.3) is 0 Å². The third kappa shape index (κ3) is 6.98. The van der Waals surface area contributed by atoms with E-state index in [-0.39, 0.29) is 5.54 Å². The van der Waals surface area contributed by atoms with Gasteiger partial charge in [-0.15, -0.1) is 0 Å². The molecule has 1 fully saturated rings. The molecule has 0 unspecified atom stereocenters. The van der Waals surface area contributed by atoms with E-state index in [0.29, 0.717) is 25.3 Å². The van der Waals surface area contributed by atoms with Gasteiger partial charge in [0.1, 0.15) is 0 Å². The molecule has 1 aromatic carbocycles. The lowest BCUT2D eigenvalue weighted by atomic mass is 9.94. The van der Waals surface area contributed by atoms with E-state index in [4.69, 9.17) is 0 Å². The number of benzene rings is 1. The molecule has 0 bridgehead atoms. The molecule has 3 rings (SSSR count). The van der Waals surface area contributed by atoms with Gasteiger partial charge in [0.15, 0.2) is 0 Å². The molecule has 1 aromatic heterocycles. The summed E-state index contributed by atoms with van der Waals surface area (Å²) in [6, 6.07) is 11.1. The minimum absolute atomic E-state index is 0.246. The number of β-amino-alcohol motifs (C(OH)–C–C–N with tert-alkyl or cyclic N) is 1. The molecule has 3 N–H and O–H groups in total. The molecule has 1 aliphatic rings. The van der Waals surface area contributed by atoms with Crippen molar-refractivity contribution in [1.29, 1.82) is 0 Å². The maximum absolute atomic E-state index is 12.6. The number of rotatable bonds is 9. The Morgan fingerprint density at radius 2 is 1.81 bits per heavy atom. The second-order valence-corrected chi connectivity index (χ2v) is 10.4. The summed E-state index contributed by atoms with van der Waals surface area (Å²) in [5.74, 6) is 0.